The molecule has 1 aliphatic heterocycles. The predicted octanol–water partition coefficient (Wildman–Crippen LogP) is 0.456. The van der Waals surface area contributed by atoms with Crippen molar-refractivity contribution in [2.24, 2.45) is 12.0 Å². The number of guanidine groups is 1. The molecule has 1 aromatic heterocycles. The number of hydrogen-bond donors (Lipinski definition) is 1. The Balaban J connectivity index is 1.93. The number of nitrogens with one attached hydrogen (secondary N) is 1. The largest absolute Gasteiger partial charge is 0.355 e. The Hall–Kier alpha value is -1.54. The number of aryl methyl sites for hydroxylation is 1. The van der Waals surface area contributed by atoms with Crippen molar-refractivity contribution in [1.29, 1.82) is 0 Å². The lowest BCUT2D eigenvalue weighted by Crippen LogP contribution is -2.46. The summed E-state index contributed by atoms with van der Waals surface area (Å²) in [5.41, 5.74) is 1.19. The molecule has 0 aromatic carbocycles. The normalized spacial score (nSPS) is 20.0. The lowest BCUT2D eigenvalue weighted by Gasteiger charge is -2.26. The van der Waals surface area contributed by atoms with E-state index >= 15 is 0 Å². The van der Waals surface area contributed by atoms with Gasteiger partial charge in [0.05, 0.1) is 12.8 Å². The summed E-state index contributed by atoms with van der Waals surface area (Å²) in [6.45, 7) is 1.93. The molecule has 1 saturated heterocycles. The second-order valence-electron chi connectivity index (χ2n) is 6.06. The first-order valence-electron chi connectivity index (χ1n) is 7.81. The van der Waals surface area contributed by atoms with Gasteiger partial charge in [-0.1, -0.05) is 0 Å². The van der Waals surface area contributed by atoms with Gasteiger partial charge in [0.25, 0.3) is 0 Å². The van der Waals surface area contributed by atoms with Crippen molar-refractivity contribution in [3.63, 3.8) is 0 Å². The first-order chi connectivity index (χ1) is 10.8. The molecular weight excluding hydrogens is 314 g/mol. The van der Waals surface area contributed by atoms with Gasteiger partial charge in [-0.3, -0.25) is 4.99 Å². The van der Waals surface area contributed by atoms with Gasteiger partial charge in [0.2, 0.25) is 10.0 Å². The third-order valence-electron chi connectivity index (χ3n) is 4.27. The molecule has 0 bridgehead atoms. The molecule has 0 spiro atoms. The number of nitrogens with zero attached hydrogens (tertiary/aromatic N) is 4. The molecule has 7 nitrogen and oxygen atoms in total. The Kier molecular flexibility index (Phi) is 5.69. The summed E-state index contributed by atoms with van der Waals surface area (Å²) in [5.74, 6) is 0.770. The Morgan fingerprint density at radius 3 is 2.83 bits per heavy atom. The van der Waals surface area contributed by atoms with Crippen molar-refractivity contribution in [3.8, 4) is 0 Å². The molecule has 8 heteroatoms. The molecule has 0 aliphatic carbocycles. The molecule has 1 fully saturated rings. The SMILES string of the molecule is CN=C(NC[C@H]1CCCN1S(C)(=O)=O)N(C)Cc1cccn1C. The van der Waals surface area contributed by atoms with Crippen LogP contribution in [0, 0.1) is 0 Å². The summed E-state index contributed by atoms with van der Waals surface area (Å²) >= 11 is 0. The second-order valence-corrected chi connectivity index (χ2v) is 8.00. The van der Waals surface area contributed by atoms with Crippen LogP contribution in [0.2, 0.25) is 0 Å². The van der Waals surface area contributed by atoms with Crippen molar-refractivity contribution >= 4 is 16.0 Å². The summed E-state index contributed by atoms with van der Waals surface area (Å²) in [6, 6.07) is 4.10. The van der Waals surface area contributed by atoms with Crippen molar-refractivity contribution in [2.45, 2.75) is 25.4 Å². The zero-order valence-electron chi connectivity index (χ0n) is 14.4. The zero-order valence-corrected chi connectivity index (χ0v) is 15.2. The van der Waals surface area contributed by atoms with E-state index < -0.39 is 10.0 Å². The van der Waals surface area contributed by atoms with Crippen LogP contribution >= 0.6 is 0 Å². The third kappa shape index (κ3) is 4.48. The molecular formula is C15H27N5O2S. The standard InChI is InChI=1S/C15H27N5O2S/c1-16-15(19(3)12-14-8-5-9-18(14)2)17-11-13-7-6-10-20(13)23(4,21)22/h5,8-9,13H,6-7,10-12H2,1-4H3,(H,16,17)/t13-/m1/s1. The van der Waals surface area contributed by atoms with Gasteiger partial charge in [0, 0.05) is 52.2 Å². The maximum absolute atomic E-state index is 11.8. The maximum Gasteiger partial charge on any atom is 0.211 e. The second kappa shape index (κ2) is 7.35. The summed E-state index contributed by atoms with van der Waals surface area (Å²) in [5, 5.41) is 3.31. The molecule has 1 aromatic rings. The van der Waals surface area contributed by atoms with Crippen LogP contribution in [0.4, 0.5) is 0 Å². The van der Waals surface area contributed by atoms with Gasteiger partial charge >= 0.3 is 0 Å². The van der Waals surface area contributed by atoms with Crippen LogP contribution in [0.3, 0.4) is 0 Å². The summed E-state index contributed by atoms with van der Waals surface area (Å²) < 4.78 is 27.3. The molecule has 1 aliphatic rings. The molecule has 1 N–H and O–H groups in total. The molecule has 0 saturated carbocycles. The molecule has 0 unspecified atom stereocenters. The minimum absolute atomic E-state index is 0.00480. The smallest absolute Gasteiger partial charge is 0.211 e. The quantitative estimate of drug-likeness (QED) is 0.624. The van der Waals surface area contributed by atoms with Crippen LogP contribution < -0.4 is 5.32 Å². The van der Waals surface area contributed by atoms with Crippen molar-refractivity contribution in [3.05, 3.63) is 24.0 Å². The van der Waals surface area contributed by atoms with E-state index in [2.05, 4.69) is 20.9 Å². The fraction of sp³-hybridized carbons (Fsp3) is 0.667. The van der Waals surface area contributed by atoms with E-state index in [1.807, 2.05) is 31.3 Å². The molecule has 2 rings (SSSR count). The summed E-state index contributed by atoms with van der Waals surface area (Å²) in [6.07, 6.45) is 5.10. The van der Waals surface area contributed by atoms with Gasteiger partial charge in [-0.25, -0.2) is 8.42 Å². The van der Waals surface area contributed by atoms with Gasteiger partial charge in [-0.15, -0.1) is 0 Å². The van der Waals surface area contributed by atoms with Crippen LogP contribution in [0.1, 0.15) is 18.5 Å². The summed E-state index contributed by atoms with van der Waals surface area (Å²) in [4.78, 5) is 6.34. The fourth-order valence-electron chi connectivity index (χ4n) is 3.02. The van der Waals surface area contributed by atoms with Crippen LogP contribution in [0.25, 0.3) is 0 Å². The number of sulfonamides is 1. The Morgan fingerprint density at radius 2 is 2.26 bits per heavy atom. The number of aliphatic imine (C=N–C) groups is 1. The van der Waals surface area contributed by atoms with Gasteiger partial charge in [0.1, 0.15) is 0 Å². The van der Waals surface area contributed by atoms with Gasteiger partial charge in [-0.2, -0.15) is 4.31 Å². The molecule has 0 radical (unpaired) electrons. The topological polar surface area (TPSA) is 69.9 Å². The number of hydrogen-bond acceptors (Lipinski definition) is 3. The monoisotopic (exact) mass is 341 g/mol. The van der Waals surface area contributed by atoms with Gasteiger partial charge in [0.15, 0.2) is 5.96 Å². The van der Waals surface area contributed by atoms with E-state index in [1.165, 1.54) is 11.9 Å². The molecule has 1 atom stereocenters. The molecule has 2 heterocycles. The van der Waals surface area contributed by atoms with Gasteiger partial charge < -0.3 is 14.8 Å². The maximum atomic E-state index is 11.8. The van der Waals surface area contributed by atoms with Crippen LogP contribution in [0.15, 0.2) is 23.3 Å². The predicted molar refractivity (Wildman–Crippen MR) is 92.8 cm³/mol. The van der Waals surface area contributed by atoms with E-state index in [1.54, 1.807) is 11.4 Å². The highest BCUT2D eigenvalue weighted by atomic mass is 32.2. The highest BCUT2D eigenvalue weighted by Crippen LogP contribution is 2.19. The van der Waals surface area contributed by atoms with E-state index in [9.17, 15) is 8.42 Å². The van der Waals surface area contributed by atoms with E-state index in [-0.39, 0.29) is 6.04 Å². The highest BCUT2D eigenvalue weighted by Gasteiger charge is 2.31. The van der Waals surface area contributed by atoms with Crippen molar-refractivity contribution in [2.75, 3.05) is 33.4 Å². The lowest BCUT2D eigenvalue weighted by molar-refractivity contribution is 0.379. The lowest BCUT2D eigenvalue weighted by atomic mass is 10.2. The van der Waals surface area contributed by atoms with Crippen molar-refractivity contribution in [1.82, 2.24) is 19.1 Å². The Bertz CT molecular complexity index is 653. The highest BCUT2D eigenvalue weighted by molar-refractivity contribution is 7.88. The van der Waals surface area contributed by atoms with Crippen molar-refractivity contribution < 1.29 is 8.42 Å². The van der Waals surface area contributed by atoms with Crippen LogP contribution in [0.5, 0.6) is 0 Å². The Morgan fingerprint density at radius 1 is 1.52 bits per heavy atom. The average Bonchev–Trinajstić information content (AvgIpc) is 3.09. The molecule has 23 heavy (non-hydrogen) atoms. The molecule has 0 amide bonds. The van der Waals surface area contributed by atoms with E-state index in [0.717, 1.165) is 25.3 Å². The minimum atomic E-state index is -3.14. The van der Waals surface area contributed by atoms with E-state index in [0.29, 0.717) is 13.1 Å². The minimum Gasteiger partial charge on any atom is -0.355 e. The van der Waals surface area contributed by atoms with Gasteiger partial charge in [-0.05, 0) is 25.0 Å². The summed E-state index contributed by atoms with van der Waals surface area (Å²) in [7, 11) is 2.60. The first-order valence-corrected chi connectivity index (χ1v) is 9.66. The first kappa shape index (κ1) is 17.8. The van der Waals surface area contributed by atoms with Crippen LogP contribution in [-0.2, 0) is 23.6 Å². The number of aromatic nitrogens is 1. The van der Waals surface area contributed by atoms with E-state index in [4.69, 9.17) is 0 Å². The van der Waals surface area contributed by atoms with Crippen LogP contribution in [-0.4, -0.2) is 67.6 Å². The molecule has 130 valence electrons. The zero-order chi connectivity index (χ0) is 17.0. The fourth-order valence-corrected chi connectivity index (χ4v) is 4.20. The third-order valence-corrected chi connectivity index (χ3v) is 5.60. The Labute approximate surface area is 139 Å². The number of rotatable bonds is 5. The average molecular weight is 341 g/mol.